The topological polar surface area (TPSA) is 195 Å². The fourth-order valence-corrected chi connectivity index (χ4v) is 11.0. The first-order valence-corrected chi connectivity index (χ1v) is 23.6. The maximum atomic E-state index is 14.0. The number of imide groups is 1. The lowest BCUT2D eigenvalue weighted by Crippen LogP contribution is -2.52. The first kappa shape index (κ1) is 46.5. The van der Waals surface area contributed by atoms with Gasteiger partial charge in [0, 0.05) is 93.9 Å². The molecule has 5 aliphatic heterocycles. The Morgan fingerprint density at radius 2 is 1.66 bits per heavy atom. The van der Waals surface area contributed by atoms with Crippen LogP contribution in [0.25, 0.3) is 11.3 Å². The second kappa shape index (κ2) is 19.1. The van der Waals surface area contributed by atoms with Crippen LogP contribution in [0.5, 0.6) is 0 Å². The highest BCUT2D eigenvalue weighted by Crippen LogP contribution is 2.37. The largest absolute Gasteiger partial charge is 0.419 e. The number of hydrogen-bond acceptors (Lipinski definition) is 12. The Morgan fingerprint density at radius 3 is 2.34 bits per heavy atom. The van der Waals surface area contributed by atoms with Gasteiger partial charge in [0.2, 0.25) is 17.8 Å². The Labute approximate surface area is 376 Å². The van der Waals surface area contributed by atoms with Crippen molar-refractivity contribution < 1.29 is 45.8 Å². The minimum Gasteiger partial charge on any atom is -0.389 e. The molecule has 5 aliphatic rings. The zero-order valence-electron chi connectivity index (χ0n) is 36.5. The number of anilines is 1. The van der Waals surface area contributed by atoms with Gasteiger partial charge in [-0.2, -0.15) is 35.3 Å². The molecule has 1 atom stereocenters. The number of nitrogens with zero attached hydrogens (tertiary/aromatic N) is 8. The Hall–Kier alpha value is -4.98. The summed E-state index contributed by atoms with van der Waals surface area (Å²) in [5.41, 5.74) is -0.239. The van der Waals surface area contributed by atoms with E-state index < -0.39 is 39.5 Å². The summed E-state index contributed by atoms with van der Waals surface area (Å²) in [4.78, 5) is 49.0. The number of alkyl halides is 3. The third kappa shape index (κ3) is 11.2. The smallest absolute Gasteiger partial charge is 0.389 e. The molecule has 0 radical (unpaired) electrons. The summed E-state index contributed by atoms with van der Waals surface area (Å²) < 4.78 is 79.8. The number of carbonyl (C=O) groups is 3. The highest BCUT2D eigenvalue weighted by atomic mass is 32.2. The van der Waals surface area contributed by atoms with E-state index in [0.29, 0.717) is 50.4 Å². The first-order chi connectivity index (χ1) is 30.9. The maximum absolute atomic E-state index is 14.0. The van der Waals surface area contributed by atoms with Crippen LogP contribution < -0.4 is 10.6 Å². The summed E-state index contributed by atoms with van der Waals surface area (Å²) >= 11 is 0. The van der Waals surface area contributed by atoms with E-state index in [0.717, 1.165) is 62.6 Å². The van der Waals surface area contributed by atoms with Crippen LogP contribution in [0.2, 0.25) is 0 Å². The molecule has 0 spiro atoms. The summed E-state index contributed by atoms with van der Waals surface area (Å²) in [7, 11) is -3.69. The van der Waals surface area contributed by atoms with Gasteiger partial charge in [0.1, 0.15) is 18.2 Å². The molecular formula is C44H55F3N10O7S. The third-order valence-electron chi connectivity index (χ3n) is 12.8. The molecule has 350 valence electrons. The second-order valence-corrected chi connectivity index (χ2v) is 20.2. The van der Waals surface area contributed by atoms with Gasteiger partial charge in [0.25, 0.3) is 16.1 Å². The Morgan fingerprint density at radius 1 is 0.954 bits per heavy atom. The summed E-state index contributed by atoms with van der Waals surface area (Å²) in [5, 5.41) is 19.7. The average molecular weight is 925 g/mol. The van der Waals surface area contributed by atoms with Gasteiger partial charge in [-0.15, -0.1) is 0 Å². The number of benzene rings is 1. The molecule has 4 saturated heterocycles. The molecule has 3 amide bonds. The number of halogens is 3. The normalized spacial score (nSPS) is 21.6. The van der Waals surface area contributed by atoms with Crippen LogP contribution in [0, 0.1) is 17.8 Å². The zero-order valence-corrected chi connectivity index (χ0v) is 37.3. The molecule has 3 aromatic rings. The average Bonchev–Trinajstić information content (AvgIpc) is 3.85. The van der Waals surface area contributed by atoms with E-state index in [9.17, 15) is 41.1 Å². The van der Waals surface area contributed by atoms with Crippen molar-refractivity contribution in [2.24, 2.45) is 5.92 Å². The maximum Gasteiger partial charge on any atom is 0.419 e. The van der Waals surface area contributed by atoms with E-state index in [-0.39, 0.29) is 73.8 Å². The van der Waals surface area contributed by atoms with Crippen molar-refractivity contribution in [2.45, 2.75) is 108 Å². The van der Waals surface area contributed by atoms with Crippen molar-refractivity contribution in [3.05, 3.63) is 59.0 Å². The lowest BCUT2D eigenvalue weighted by molar-refractivity contribution is -0.138. The number of piperidine rings is 4. The molecule has 3 N–H and O–H groups in total. The second-order valence-electron chi connectivity index (χ2n) is 18.2. The fourth-order valence-electron chi connectivity index (χ4n) is 9.32. The third-order valence-corrected chi connectivity index (χ3v) is 14.8. The highest BCUT2D eigenvalue weighted by Gasteiger charge is 2.40. The van der Waals surface area contributed by atoms with Crippen LogP contribution in [0.3, 0.4) is 0 Å². The quantitative estimate of drug-likeness (QED) is 0.178. The van der Waals surface area contributed by atoms with Gasteiger partial charge >= 0.3 is 6.18 Å². The monoisotopic (exact) mass is 924 g/mol. The number of carbonyl (C=O) groups excluding carboxylic acids is 3. The molecule has 65 heavy (non-hydrogen) atoms. The summed E-state index contributed by atoms with van der Waals surface area (Å²) in [5.74, 6) is 5.63. The molecule has 2 aromatic heterocycles. The number of hydrogen-bond donors (Lipinski definition) is 3. The molecular weight excluding hydrogens is 870 g/mol. The van der Waals surface area contributed by atoms with Crippen molar-refractivity contribution in [3.63, 3.8) is 0 Å². The molecule has 1 unspecified atom stereocenters. The lowest BCUT2D eigenvalue weighted by atomic mass is 9.96. The van der Waals surface area contributed by atoms with Crippen molar-refractivity contribution in [1.82, 2.24) is 43.5 Å². The zero-order chi connectivity index (χ0) is 46.1. The SMILES string of the molecule is CC(C)(O)Cn1cc(-c2nc(NC3CCN(S(=O)(=O)N4CCC(CN5CCC(OCC#Cc6ccc7c(c6)CN(C6CCC(=O)NC6=O)C7=O)CC5)CC4)CC3)ncc2C(F)(F)F)cn1. The number of likely N-dealkylation sites (tertiary alicyclic amines) is 1. The van der Waals surface area contributed by atoms with Crippen LogP contribution >= 0.6 is 0 Å². The van der Waals surface area contributed by atoms with Crippen LogP contribution in [-0.4, -0.2) is 146 Å². The van der Waals surface area contributed by atoms with Crippen LogP contribution in [-0.2, 0) is 43.8 Å². The van der Waals surface area contributed by atoms with Crippen LogP contribution in [0.15, 0.2) is 36.8 Å². The first-order valence-electron chi connectivity index (χ1n) is 22.2. The minimum absolute atomic E-state index is 0.00477. The number of rotatable bonds is 12. The number of fused-ring (bicyclic) bond motifs is 1. The van der Waals surface area contributed by atoms with E-state index in [1.165, 1.54) is 26.3 Å². The molecule has 21 heteroatoms. The van der Waals surface area contributed by atoms with Gasteiger partial charge in [-0.25, -0.2) is 9.97 Å². The summed E-state index contributed by atoms with van der Waals surface area (Å²) in [6.07, 6.45) is 3.44. The summed E-state index contributed by atoms with van der Waals surface area (Å²) in [6, 6.07) is 4.50. The molecule has 17 nitrogen and oxygen atoms in total. The van der Waals surface area contributed by atoms with Gasteiger partial charge in [0.15, 0.2) is 0 Å². The standard InChI is InChI=1S/C44H55F3N10O7S/c1-43(2,61)28-54-26-32(23-49-54)39-36(44(45,46)47)24-48-42(52-39)50-33-11-19-56(20-12-33)65(62,63)55-17-9-30(10-18-55)25-53-15-13-34(14-16-53)64-21-3-4-29-5-6-35-31(22-29)27-57(41(35)60)37-7-8-38(58)51-40(37)59/h5-6,22-24,26,30,33-34,37,61H,7-21,25,27-28H2,1-2H3,(H,48,50,52)(H,51,58,59). The number of aliphatic hydroxyl groups is 1. The van der Waals surface area contributed by atoms with Crippen LogP contribution in [0.4, 0.5) is 19.1 Å². The van der Waals surface area contributed by atoms with E-state index in [1.54, 1.807) is 30.3 Å². The fraction of sp³-hybridized carbons (Fsp3) is 0.591. The number of ether oxygens (including phenoxy) is 1. The Balaban J connectivity index is 0.741. The minimum atomic E-state index is -4.71. The lowest BCUT2D eigenvalue weighted by Gasteiger charge is -2.39. The Kier molecular flexibility index (Phi) is 13.7. The molecule has 1 aromatic carbocycles. The predicted octanol–water partition coefficient (Wildman–Crippen LogP) is 3.26. The van der Waals surface area contributed by atoms with Crippen molar-refractivity contribution >= 4 is 33.9 Å². The number of amides is 3. The van der Waals surface area contributed by atoms with E-state index in [2.05, 4.69) is 42.4 Å². The number of aromatic nitrogens is 4. The van der Waals surface area contributed by atoms with Crippen LogP contribution in [0.1, 0.15) is 92.3 Å². The predicted molar refractivity (Wildman–Crippen MR) is 231 cm³/mol. The Bertz CT molecular complexity index is 2430. The molecule has 7 heterocycles. The van der Waals surface area contributed by atoms with Gasteiger partial charge < -0.3 is 25.0 Å². The van der Waals surface area contributed by atoms with E-state index in [1.807, 2.05) is 6.07 Å². The molecule has 0 bridgehead atoms. The molecule has 8 rings (SSSR count). The summed E-state index contributed by atoms with van der Waals surface area (Å²) in [6.45, 7) is 7.84. The van der Waals surface area contributed by atoms with E-state index in [4.69, 9.17) is 4.74 Å². The van der Waals surface area contributed by atoms with Gasteiger partial charge in [-0.1, -0.05) is 11.8 Å². The van der Waals surface area contributed by atoms with Gasteiger partial charge in [-0.05, 0) is 88.5 Å². The van der Waals surface area contributed by atoms with Gasteiger partial charge in [0.05, 0.1) is 30.1 Å². The van der Waals surface area contributed by atoms with Crippen molar-refractivity contribution in [2.75, 3.05) is 57.7 Å². The van der Waals surface area contributed by atoms with Crippen molar-refractivity contribution in [1.29, 1.82) is 0 Å². The molecule has 0 aliphatic carbocycles. The van der Waals surface area contributed by atoms with Gasteiger partial charge in [-0.3, -0.25) is 24.4 Å². The van der Waals surface area contributed by atoms with E-state index >= 15 is 0 Å². The molecule has 0 saturated carbocycles. The molecule has 4 fully saturated rings. The van der Waals surface area contributed by atoms with Crippen molar-refractivity contribution in [3.8, 4) is 23.1 Å². The number of nitrogens with one attached hydrogen (secondary N) is 2. The highest BCUT2D eigenvalue weighted by molar-refractivity contribution is 7.86.